The predicted molar refractivity (Wildman–Crippen MR) is 96.7 cm³/mol. The molecule has 1 saturated heterocycles. The van der Waals surface area contributed by atoms with E-state index in [1.807, 2.05) is 29.2 Å². The minimum Gasteiger partial charge on any atom is -0.497 e. The van der Waals surface area contributed by atoms with E-state index in [1.165, 1.54) is 5.69 Å². The van der Waals surface area contributed by atoms with Crippen molar-refractivity contribution in [2.45, 2.75) is 4.90 Å². The van der Waals surface area contributed by atoms with E-state index in [0.717, 1.165) is 36.8 Å². The van der Waals surface area contributed by atoms with Crippen LogP contribution in [0.1, 0.15) is 0 Å². The van der Waals surface area contributed by atoms with E-state index in [2.05, 4.69) is 22.0 Å². The number of benzene rings is 1. The van der Waals surface area contributed by atoms with Crippen LogP contribution in [0.5, 0.6) is 5.75 Å². The van der Waals surface area contributed by atoms with Gasteiger partial charge >= 0.3 is 0 Å². The van der Waals surface area contributed by atoms with Gasteiger partial charge in [-0.3, -0.25) is 9.78 Å². The van der Waals surface area contributed by atoms with Gasteiger partial charge in [-0.15, -0.1) is 11.8 Å². The van der Waals surface area contributed by atoms with Crippen LogP contribution in [0.15, 0.2) is 53.7 Å². The summed E-state index contributed by atoms with van der Waals surface area (Å²) in [6.45, 7) is 3.25. The van der Waals surface area contributed by atoms with Crippen molar-refractivity contribution >= 4 is 23.4 Å². The van der Waals surface area contributed by atoms with Crippen LogP contribution in [0.2, 0.25) is 0 Å². The molecule has 6 heteroatoms. The zero-order valence-corrected chi connectivity index (χ0v) is 14.5. The number of hydrogen-bond donors (Lipinski definition) is 0. The van der Waals surface area contributed by atoms with Crippen molar-refractivity contribution in [2.24, 2.45) is 0 Å². The SMILES string of the molecule is COc1ccc(N2CCN(C(=O)CSc3ccncc3)CC2)cc1. The Morgan fingerprint density at radius 1 is 1.08 bits per heavy atom. The van der Waals surface area contributed by atoms with Gasteiger partial charge in [0.2, 0.25) is 5.91 Å². The summed E-state index contributed by atoms with van der Waals surface area (Å²) in [7, 11) is 1.67. The molecule has 0 atom stereocenters. The third kappa shape index (κ3) is 4.20. The number of rotatable bonds is 5. The fourth-order valence-corrected chi connectivity index (χ4v) is 3.46. The lowest BCUT2D eigenvalue weighted by molar-refractivity contribution is -0.128. The Labute approximate surface area is 146 Å². The second-order valence-electron chi connectivity index (χ2n) is 5.54. The zero-order valence-electron chi connectivity index (χ0n) is 13.7. The quantitative estimate of drug-likeness (QED) is 0.781. The number of aromatic nitrogens is 1. The molecule has 1 aliphatic rings. The molecule has 5 nitrogen and oxygen atoms in total. The summed E-state index contributed by atoms with van der Waals surface area (Å²) in [4.78, 5) is 21.7. The van der Waals surface area contributed by atoms with Crippen LogP contribution in [0, 0.1) is 0 Å². The van der Waals surface area contributed by atoms with Gasteiger partial charge in [0.05, 0.1) is 12.9 Å². The summed E-state index contributed by atoms with van der Waals surface area (Å²) in [5, 5.41) is 0. The molecule has 0 saturated carbocycles. The van der Waals surface area contributed by atoms with Crippen LogP contribution in [0.3, 0.4) is 0 Å². The van der Waals surface area contributed by atoms with Crippen LogP contribution in [0.25, 0.3) is 0 Å². The summed E-state index contributed by atoms with van der Waals surface area (Å²) in [5.74, 6) is 1.54. The number of pyridine rings is 1. The highest BCUT2D eigenvalue weighted by Gasteiger charge is 2.21. The third-order valence-electron chi connectivity index (χ3n) is 4.08. The fraction of sp³-hybridized carbons (Fsp3) is 0.333. The second-order valence-corrected chi connectivity index (χ2v) is 6.59. The standard InChI is InChI=1S/C18H21N3O2S/c1-23-16-4-2-15(3-5-16)20-10-12-21(13-11-20)18(22)14-24-17-6-8-19-9-7-17/h2-9H,10-14H2,1H3. The number of carbonyl (C=O) groups is 1. The monoisotopic (exact) mass is 343 g/mol. The lowest BCUT2D eigenvalue weighted by Crippen LogP contribution is -2.49. The van der Waals surface area contributed by atoms with Crippen LogP contribution >= 0.6 is 11.8 Å². The number of ether oxygens (including phenoxy) is 1. The highest BCUT2D eigenvalue weighted by Crippen LogP contribution is 2.21. The minimum absolute atomic E-state index is 0.200. The molecule has 0 bridgehead atoms. The smallest absolute Gasteiger partial charge is 0.233 e. The molecule has 0 spiro atoms. The number of hydrogen-bond acceptors (Lipinski definition) is 5. The molecular formula is C18H21N3O2S. The van der Waals surface area contributed by atoms with Crippen molar-refractivity contribution in [1.29, 1.82) is 0 Å². The molecule has 0 radical (unpaired) electrons. The summed E-state index contributed by atoms with van der Waals surface area (Å²) >= 11 is 1.56. The Balaban J connectivity index is 1.48. The van der Waals surface area contributed by atoms with Crippen molar-refractivity contribution in [3.8, 4) is 5.75 Å². The normalized spacial score (nSPS) is 14.5. The number of amides is 1. The number of carbonyl (C=O) groups excluding carboxylic acids is 1. The van der Waals surface area contributed by atoms with Gasteiger partial charge < -0.3 is 14.5 Å². The second kappa shape index (κ2) is 8.06. The van der Waals surface area contributed by atoms with E-state index in [9.17, 15) is 4.79 Å². The molecular weight excluding hydrogens is 322 g/mol. The lowest BCUT2D eigenvalue weighted by Gasteiger charge is -2.36. The molecule has 1 aromatic heterocycles. The summed E-state index contributed by atoms with van der Waals surface area (Å²) in [6, 6.07) is 11.9. The fourth-order valence-electron chi connectivity index (χ4n) is 2.68. The van der Waals surface area contributed by atoms with Crippen molar-refractivity contribution in [2.75, 3.05) is 43.9 Å². The van der Waals surface area contributed by atoms with E-state index in [4.69, 9.17) is 4.74 Å². The van der Waals surface area contributed by atoms with Crippen molar-refractivity contribution in [1.82, 2.24) is 9.88 Å². The van der Waals surface area contributed by atoms with Crippen molar-refractivity contribution < 1.29 is 9.53 Å². The van der Waals surface area contributed by atoms with E-state index in [1.54, 1.807) is 31.3 Å². The number of methoxy groups -OCH3 is 1. The molecule has 2 heterocycles. The molecule has 3 rings (SSSR count). The topological polar surface area (TPSA) is 45.7 Å². The van der Waals surface area contributed by atoms with Gasteiger partial charge in [0.25, 0.3) is 0 Å². The van der Waals surface area contributed by atoms with E-state index in [-0.39, 0.29) is 5.91 Å². The van der Waals surface area contributed by atoms with E-state index >= 15 is 0 Å². The first-order valence-corrected chi connectivity index (χ1v) is 8.94. The highest BCUT2D eigenvalue weighted by molar-refractivity contribution is 8.00. The number of thioether (sulfide) groups is 1. The molecule has 126 valence electrons. The molecule has 1 amide bonds. The summed E-state index contributed by atoms with van der Waals surface area (Å²) in [6.07, 6.45) is 3.50. The molecule has 0 N–H and O–H groups in total. The average molecular weight is 343 g/mol. The largest absolute Gasteiger partial charge is 0.497 e. The maximum atomic E-state index is 12.4. The van der Waals surface area contributed by atoms with Gasteiger partial charge in [-0.25, -0.2) is 0 Å². The minimum atomic E-state index is 0.200. The molecule has 1 aliphatic heterocycles. The van der Waals surface area contributed by atoms with Crippen LogP contribution < -0.4 is 9.64 Å². The molecule has 24 heavy (non-hydrogen) atoms. The van der Waals surface area contributed by atoms with Crippen LogP contribution in [-0.2, 0) is 4.79 Å². The maximum Gasteiger partial charge on any atom is 0.233 e. The molecule has 0 unspecified atom stereocenters. The predicted octanol–water partition coefficient (Wildman–Crippen LogP) is 2.53. The summed E-state index contributed by atoms with van der Waals surface area (Å²) in [5.41, 5.74) is 1.18. The molecule has 2 aromatic rings. The highest BCUT2D eigenvalue weighted by atomic mass is 32.2. The van der Waals surface area contributed by atoms with Gasteiger partial charge in [-0.2, -0.15) is 0 Å². The van der Waals surface area contributed by atoms with Crippen molar-refractivity contribution in [3.63, 3.8) is 0 Å². The van der Waals surface area contributed by atoms with Crippen LogP contribution in [0.4, 0.5) is 5.69 Å². The Hall–Kier alpha value is -2.21. The Kier molecular flexibility index (Phi) is 5.59. The molecule has 1 aromatic carbocycles. The van der Waals surface area contributed by atoms with Crippen LogP contribution in [-0.4, -0.2) is 54.8 Å². The first kappa shape index (κ1) is 16.6. The van der Waals surface area contributed by atoms with Gasteiger partial charge in [0.1, 0.15) is 5.75 Å². The first-order chi connectivity index (χ1) is 11.8. The third-order valence-corrected chi connectivity index (χ3v) is 5.08. The Morgan fingerprint density at radius 3 is 2.38 bits per heavy atom. The zero-order chi connectivity index (χ0) is 16.8. The van der Waals surface area contributed by atoms with Crippen molar-refractivity contribution in [3.05, 3.63) is 48.8 Å². The van der Waals surface area contributed by atoms with Gasteiger partial charge in [0, 0.05) is 49.2 Å². The van der Waals surface area contributed by atoms with Gasteiger partial charge in [-0.1, -0.05) is 0 Å². The average Bonchev–Trinajstić information content (AvgIpc) is 2.67. The Morgan fingerprint density at radius 2 is 1.75 bits per heavy atom. The van der Waals surface area contributed by atoms with Gasteiger partial charge in [0.15, 0.2) is 0 Å². The Bertz CT molecular complexity index is 656. The number of nitrogens with zero attached hydrogens (tertiary/aromatic N) is 3. The van der Waals surface area contributed by atoms with E-state index < -0.39 is 0 Å². The maximum absolute atomic E-state index is 12.4. The lowest BCUT2D eigenvalue weighted by atomic mass is 10.2. The molecule has 0 aliphatic carbocycles. The summed E-state index contributed by atoms with van der Waals surface area (Å²) < 4.78 is 5.19. The van der Waals surface area contributed by atoms with Gasteiger partial charge in [-0.05, 0) is 36.4 Å². The first-order valence-electron chi connectivity index (χ1n) is 7.96. The number of anilines is 1. The van der Waals surface area contributed by atoms with E-state index in [0.29, 0.717) is 5.75 Å². The number of piperazine rings is 1. The molecule has 1 fully saturated rings.